The molecule has 1 heterocycles. The third kappa shape index (κ3) is 3.39. The second kappa shape index (κ2) is 6.26. The summed E-state index contributed by atoms with van der Waals surface area (Å²) in [4.78, 5) is 22.1. The van der Waals surface area contributed by atoms with Crippen LogP contribution < -0.4 is 11.5 Å². The Morgan fingerprint density at radius 2 is 1.79 bits per heavy atom. The molecule has 9 heteroatoms. The summed E-state index contributed by atoms with van der Waals surface area (Å²) in [5.41, 5.74) is 10.0. The predicted octanol–water partition coefficient (Wildman–Crippen LogP) is -3.44. The van der Waals surface area contributed by atoms with Crippen LogP contribution in [0.1, 0.15) is 13.3 Å². The summed E-state index contributed by atoms with van der Waals surface area (Å²) in [7, 11) is 0. The minimum Gasteiger partial charge on any atom is -0.387 e. The van der Waals surface area contributed by atoms with E-state index in [9.17, 15) is 24.9 Å². The molecular weight excluding hydrogens is 260 g/mol. The Labute approximate surface area is 109 Å². The number of amides is 2. The van der Waals surface area contributed by atoms with Crippen molar-refractivity contribution in [3.8, 4) is 0 Å². The van der Waals surface area contributed by atoms with Crippen LogP contribution in [0.2, 0.25) is 0 Å². The standard InChI is InChI=1S/C10H18N2O7/c1-2-3(8(11)16)18-10-6(15)4(13)5(14)7(19-10)9(12)17/h3-7,10,13-15H,2H2,1H3,(H2,11,16)(H2,12,17)/t3?,4?,5-,6+,7?,10-/m0/s1. The molecule has 3 unspecified atom stereocenters. The Kier molecular flexibility index (Phi) is 5.20. The van der Waals surface area contributed by atoms with E-state index < -0.39 is 48.6 Å². The highest BCUT2D eigenvalue weighted by Gasteiger charge is 2.47. The monoisotopic (exact) mass is 278 g/mol. The van der Waals surface area contributed by atoms with Crippen molar-refractivity contribution in [1.82, 2.24) is 0 Å². The molecule has 1 aliphatic rings. The van der Waals surface area contributed by atoms with E-state index in [0.29, 0.717) is 0 Å². The highest BCUT2D eigenvalue weighted by molar-refractivity contribution is 5.80. The second-order valence-corrected chi connectivity index (χ2v) is 4.23. The molecule has 0 aromatic heterocycles. The molecule has 9 nitrogen and oxygen atoms in total. The molecule has 0 saturated carbocycles. The molecule has 0 aromatic carbocycles. The first kappa shape index (κ1) is 15.8. The van der Waals surface area contributed by atoms with Crippen molar-refractivity contribution in [3.63, 3.8) is 0 Å². The highest BCUT2D eigenvalue weighted by Crippen LogP contribution is 2.23. The van der Waals surface area contributed by atoms with Crippen LogP contribution in [0.15, 0.2) is 0 Å². The average molecular weight is 278 g/mol. The van der Waals surface area contributed by atoms with Gasteiger partial charge in [0.25, 0.3) is 0 Å². The minimum absolute atomic E-state index is 0.210. The summed E-state index contributed by atoms with van der Waals surface area (Å²) < 4.78 is 10.0. The van der Waals surface area contributed by atoms with E-state index in [1.807, 2.05) is 0 Å². The molecule has 1 aliphatic heterocycles. The largest absolute Gasteiger partial charge is 0.387 e. The number of aliphatic hydroxyl groups is 3. The van der Waals surface area contributed by atoms with E-state index in [4.69, 9.17) is 20.9 Å². The average Bonchev–Trinajstić information content (AvgIpc) is 2.34. The van der Waals surface area contributed by atoms with Gasteiger partial charge >= 0.3 is 0 Å². The van der Waals surface area contributed by atoms with E-state index in [1.165, 1.54) is 0 Å². The molecule has 1 rings (SSSR count). The Morgan fingerprint density at radius 1 is 1.21 bits per heavy atom. The third-order valence-corrected chi connectivity index (χ3v) is 2.84. The van der Waals surface area contributed by atoms with Gasteiger partial charge in [0.1, 0.15) is 24.4 Å². The van der Waals surface area contributed by atoms with Gasteiger partial charge in [-0.15, -0.1) is 0 Å². The van der Waals surface area contributed by atoms with Crippen LogP contribution in [0.5, 0.6) is 0 Å². The number of hydrogen-bond acceptors (Lipinski definition) is 7. The van der Waals surface area contributed by atoms with Gasteiger partial charge in [0.05, 0.1) is 0 Å². The third-order valence-electron chi connectivity index (χ3n) is 2.84. The Bertz CT molecular complexity index is 349. The van der Waals surface area contributed by atoms with Gasteiger partial charge < -0.3 is 36.3 Å². The SMILES string of the molecule is CCC(O[C@H]1OC(C(N)=O)[C@@H](O)C(O)[C@H]1O)C(N)=O. The first-order valence-corrected chi connectivity index (χ1v) is 5.73. The zero-order chi connectivity index (χ0) is 14.7. The number of carbonyl (C=O) groups excluding carboxylic acids is 2. The molecule has 0 radical (unpaired) electrons. The maximum absolute atomic E-state index is 11.0. The number of nitrogens with two attached hydrogens (primary N) is 2. The lowest BCUT2D eigenvalue weighted by Gasteiger charge is -2.39. The fourth-order valence-corrected chi connectivity index (χ4v) is 1.72. The zero-order valence-corrected chi connectivity index (χ0v) is 10.3. The van der Waals surface area contributed by atoms with E-state index in [0.717, 1.165) is 0 Å². The number of primary amides is 2. The van der Waals surface area contributed by atoms with Crippen molar-refractivity contribution in [2.45, 2.75) is 50.2 Å². The lowest BCUT2D eigenvalue weighted by Crippen LogP contribution is -2.62. The van der Waals surface area contributed by atoms with Crippen molar-refractivity contribution in [1.29, 1.82) is 0 Å². The maximum atomic E-state index is 11.0. The molecule has 0 aromatic rings. The molecular formula is C10H18N2O7. The molecule has 110 valence electrons. The van der Waals surface area contributed by atoms with Crippen LogP contribution in [0.25, 0.3) is 0 Å². The van der Waals surface area contributed by atoms with Crippen LogP contribution >= 0.6 is 0 Å². The number of rotatable bonds is 5. The van der Waals surface area contributed by atoms with Crippen molar-refractivity contribution >= 4 is 11.8 Å². The van der Waals surface area contributed by atoms with Gasteiger partial charge in [0.15, 0.2) is 12.4 Å². The summed E-state index contributed by atoms with van der Waals surface area (Å²) in [5, 5.41) is 28.8. The van der Waals surface area contributed by atoms with Gasteiger partial charge in [-0.2, -0.15) is 0 Å². The van der Waals surface area contributed by atoms with Gasteiger partial charge in [-0.1, -0.05) is 6.92 Å². The van der Waals surface area contributed by atoms with Crippen molar-refractivity contribution in [2.24, 2.45) is 11.5 Å². The normalized spacial score (nSPS) is 36.7. The smallest absolute Gasteiger partial charge is 0.249 e. The molecule has 1 saturated heterocycles. The zero-order valence-electron chi connectivity index (χ0n) is 10.3. The molecule has 7 N–H and O–H groups in total. The lowest BCUT2D eigenvalue weighted by molar-refractivity contribution is -0.298. The summed E-state index contributed by atoms with van der Waals surface area (Å²) in [6, 6.07) is 0. The molecule has 0 aliphatic carbocycles. The summed E-state index contributed by atoms with van der Waals surface area (Å²) in [5.74, 6) is -1.81. The highest BCUT2D eigenvalue weighted by atomic mass is 16.7. The van der Waals surface area contributed by atoms with E-state index in [2.05, 4.69) is 0 Å². The van der Waals surface area contributed by atoms with Crippen LogP contribution in [-0.2, 0) is 19.1 Å². The van der Waals surface area contributed by atoms with Gasteiger partial charge in [-0.05, 0) is 6.42 Å². The molecule has 2 amide bonds. The Morgan fingerprint density at radius 3 is 2.21 bits per heavy atom. The van der Waals surface area contributed by atoms with Crippen LogP contribution in [-0.4, -0.2) is 63.9 Å². The van der Waals surface area contributed by atoms with Gasteiger partial charge in [-0.3, -0.25) is 9.59 Å². The van der Waals surface area contributed by atoms with Crippen molar-refractivity contribution in [3.05, 3.63) is 0 Å². The quantitative estimate of drug-likeness (QED) is 0.349. The minimum atomic E-state index is -1.69. The van der Waals surface area contributed by atoms with Crippen LogP contribution in [0, 0.1) is 0 Å². The first-order chi connectivity index (χ1) is 8.79. The Hall–Kier alpha value is -1.26. The van der Waals surface area contributed by atoms with Gasteiger partial charge in [-0.25, -0.2) is 0 Å². The molecule has 0 spiro atoms. The molecule has 6 atom stereocenters. The number of aliphatic hydroxyl groups excluding tert-OH is 3. The first-order valence-electron chi connectivity index (χ1n) is 5.73. The van der Waals surface area contributed by atoms with Gasteiger partial charge in [0, 0.05) is 0 Å². The topological polar surface area (TPSA) is 165 Å². The van der Waals surface area contributed by atoms with Gasteiger partial charge in [0.2, 0.25) is 11.8 Å². The number of carbonyl (C=O) groups is 2. The molecule has 1 fully saturated rings. The summed E-state index contributed by atoms with van der Waals surface area (Å²) in [6.07, 6.45) is -8.90. The molecule has 19 heavy (non-hydrogen) atoms. The Balaban J connectivity index is 2.82. The second-order valence-electron chi connectivity index (χ2n) is 4.23. The van der Waals surface area contributed by atoms with Crippen molar-refractivity contribution < 1.29 is 34.4 Å². The fourth-order valence-electron chi connectivity index (χ4n) is 1.72. The summed E-state index contributed by atoms with van der Waals surface area (Å²) in [6.45, 7) is 1.61. The predicted molar refractivity (Wildman–Crippen MR) is 60.2 cm³/mol. The van der Waals surface area contributed by atoms with Crippen molar-refractivity contribution in [2.75, 3.05) is 0 Å². The van der Waals surface area contributed by atoms with E-state index in [-0.39, 0.29) is 6.42 Å². The fraction of sp³-hybridized carbons (Fsp3) is 0.800. The molecule has 0 bridgehead atoms. The summed E-state index contributed by atoms with van der Waals surface area (Å²) >= 11 is 0. The maximum Gasteiger partial charge on any atom is 0.249 e. The van der Waals surface area contributed by atoms with E-state index >= 15 is 0 Å². The lowest BCUT2D eigenvalue weighted by atomic mass is 9.98. The number of hydrogen-bond donors (Lipinski definition) is 5. The number of ether oxygens (including phenoxy) is 2. The van der Waals surface area contributed by atoms with E-state index in [1.54, 1.807) is 6.92 Å². The van der Waals surface area contributed by atoms with Crippen LogP contribution in [0.4, 0.5) is 0 Å². The van der Waals surface area contributed by atoms with Crippen LogP contribution in [0.3, 0.4) is 0 Å².